The fourth-order valence-electron chi connectivity index (χ4n) is 2.95. The van der Waals surface area contributed by atoms with Crippen molar-refractivity contribution in [2.75, 3.05) is 10.6 Å². The van der Waals surface area contributed by atoms with Gasteiger partial charge >= 0.3 is 6.18 Å². The highest BCUT2D eigenvalue weighted by Gasteiger charge is 2.30. The van der Waals surface area contributed by atoms with E-state index in [0.717, 1.165) is 28.6 Å². The van der Waals surface area contributed by atoms with E-state index < -0.39 is 18.1 Å². The Hall–Kier alpha value is -3.66. The molecule has 4 aromatic rings. The molecule has 0 aliphatic carbocycles. The predicted octanol–water partition coefficient (Wildman–Crippen LogP) is 3.84. The summed E-state index contributed by atoms with van der Waals surface area (Å²) in [5.41, 5.74) is 2.29. The first-order valence-electron chi connectivity index (χ1n) is 8.52. The van der Waals surface area contributed by atoms with E-state index in [9.17, 15) is 18.3 Å². The number of benzene rings is 1. The number of hydrogen-bond donors (Lipinski definition) is 4. The van der Waals surface area contributed by atoms with E-state index in [0.29, 0.717) is 17.0 Å². The molecule has 10 heteroatoms. The molecule has 0 saturated heterocycles. The van der Waals surface area contributed by atoms with Crippen molar-refractivity contribution in [1.29, 1.82) is 0 Å². The first kappa shape index (κ1) is 18.7. The molecule has 0 aliphatic heterocycles. The number of H-pyrrole nitrogens is 1. The van der Waals surface area contributed by atoms with E-state index in [1.54, 1.807) is 30.9 Å². The number of alkyl halides is 3. The van der Waals surface area contributed by atoms with Crippen LogP contribution in [-0.2, 0) is 6.18 Å². The van der Waals surface area contributed by atoms with Gasteiger partial charge in [0.2, 0.25) is 6.35 Å². The molecule has 1 atom stereocenters. The van der Waals surface area contributed by atoms with Crippen LogP contribution in [0.15, 0.2) is 61.4 Å². The van der Waals surface area contributed by atoms with Crippen LogP contribution >= 0.6 is 0 Å². The summed E-state index contributed by atoms with van der Waals surface area (Å²) in [4.78, 5) is 15.3. The van der Waals surface area contributed by atoms with Crippen LogP contribution in [0.25, 0.3) is 22.2 Å². The molecule has 0 amide bonds. The van der Waals surface area contributed by atoms with Crippen LogP contribution in [0, 0.1) is 0 Å². The molecule has 7 nitrogen and oxygen atoms in total. The van der Waals surface area contributed by atoms with Crippen LogP contribution in [0.3, 0.4) is 0 Å². The van der Waals surface area contributed by atoms with Crippen LogP contribution in [0.2, 0.25) is 0 Å². The summed E-state index contributed by atoms with van der Waals surface area (Å²) < 4.78 is 38.0. The number of hydrogen-bond acceptors (Lipinski definition) is 6. The largest absolute Gasteiger partial charge is 0.416 e. The summed E-state index contributed by atoms with van der Waals surface area (Å²) in [5.74, 6) is 0. The summed E-state index contributed by atoms with van der Waals surface area (Å²) in [7, 11) is 0. The molecule has 4 rings (SSSR count). The predicted molar refractivity (Wildman–Crippen MR) is 102 cm³/mol. The van der Waals surface area contributed by atoms with E-state index in [1.165, 1.54) is 18.5 Å². The number of rotatable bonds is 5. The van der Waals surface area contributed by atoms with Gasteiger partial charge in [0, 0.05) is 41.4 Å². The highest BCUT2D eigenvalue weighted by molar-refractivity contribution is 6.02. The maximum absolute atomic E-state index is 12.7. The van der Waals surface area contributed by atoms with Crippen molar-refractivity contribution in [2.45, 2.75) is 12.5 Å². The molecule has 0 aliphatic rings. The van der Waals surface area contributed by atoms with Gasteiger partial charge in [0.05, 0.1) is 11.3 Å². The second-order valence-electron chi connectivity index (χ2n) is 6.18. The molecule has 3 aromatic heterocycles. The van der Waals surface area contributed by atoms with Gasteiger partial charge < -0.3 is 20.7 Å². The van der Waals surface area contributed by atoms with E-state index >= 15 is 0 Å². The monoisotopic (exact) mass is 400 g/mol. The van der Waals surface area contributed by atoms with Gasteiger partial charge in [-0.25, -0.2) is 15.0 Å². The lowest BCUT2D eigenvalue weighted by Gasteiger charge is -2.17. The zero-order valence-electron chi connectivity index (χ0n) is 14.8. The van der Waals surface area contributed by atoms with Gasteiger partial charge in [0.25, 0.3) is 0 Å². The lowest BCUT2D eigenvalue weighted by molar-refractivity contribution is -0.137. The average molecular weight is 400 g/mol. The highest BCUT2D eigenvalue weighted by atomic mass is 19.4. The van der Waals surface area contributed by atoms with Crippen molar-refractivity contribution in [3.05, 3.63) is 67.0 Å². The third kappa shape index (κ3) is 3.97. The first-order valence-corrected chi connectivity index (χ1v) is 8.52. The van der Waals surface area contributed by atoms with Crippen LogP contribution in [0.4, 0.5) is 24.5 Å². The van der Waals surface area contributed by atoms with Gasteiger partial charge in [-0.1, -0.05) is 0 Å². The Morgan fingerprint density at radius 1 is 1.00 bits per heavy atom. The zero-order chi connectivity index (χ0) is 20.4. The van der Waals surface area contributed by atoms with E-state index in [2.05, 4.69) is 30.6 Å². The fraction of sp³-hybridized carbons (Fsp3) is 0.105. The molecule has 0 bridgehead atoms. The Bertz CT molecular complexity index is 1110. The van der Waals surface area contributed by atoms with Gasteiger partial charge in [-0.3, -0.25) is 0 Å². The van der Waals surface area contributed by atoms with Crippen LogP contribution in [-0.4, -0.2) is 31.4 Å². The minimum absolute atomic E-state index is 0.327. The summed E-state index contributed by atoms with van der Waals surface area (Å²) in [6, 6.07) is 6.18. The van der Waals surface area contributed by atoms with Gasteiger partial charge in [0.15, 0.2) is 0 Å². The van der Waals surface area contributed by atoms with E-state index in [1.807, 2.05) is 0 Å². The normalized spacial score (nSPS) is 12.7. The SMILES string of the molecule is OC(Nc1ccc(C(F)(F)F)cc1)Nc1c[nH]c2nccc(-c3cncnc3)c12. The smallest absolute Gasteiger partial charge is 0.357 e. The summed E-state index contributed by atoms with van der Waals surface area (Å²) in [6.07, 6.45) is 2.36. The fourth-order valence-corrected chi connectivity index (χ4v) is 2.95. The minimum atomic E-state index is -4.41. The minimum Gasteiger partial charge on any atom is -0.357 e. The average Bonchev–Trinajstić information content (AvgIpc) is 3.11. The maximum atomic E-state index is 12.7. The van der Waals surface area contributed by atoms with E-state index in [-0.39, 0.29) is 0 Å². The van der Waals surface area contributed by atoms with Gasteiger partial charge in [-0.05, 0) is 35.9 Å². The number of nitrogens with zero attached hydrogens (tertiary/aromatic N) is 3. The van der Waals surface area contributed by atoms with Gasteiger partial charge in [-0.15, -0.1) is 0 Å². The topological polar surface area (TPSA) is 98.8 Å². The molecule has 29 heavy (non-hydrogen) atoms. The third-order valence-corrected chi connectivity index (χ3v) is 4.25. The summed E-state index contributed by atoms with van der Waals surface area (Å²) in [5, 5.41) is 16.6. The molecule has 3 heterocycles. The third-order valence-electron chi connectivity index (χ3n) is 4.25. The van der Waals surface area contributed by atoms with Crippen LogP contribution < -0.4 is 10.6 Å². The number of aromatic nitrogens is 4. The number of halogens is 3. The Kier molecular flexibility index (Phi) is 4.77. The number of nitrogens with one attached hydrogen (secondary N) is 3. The van der Waals surface area contributed by atoms with Crippen molar-refractivity contribution in [3.63, 3.8) is 0 Å². The molecule has 0 fully saturated rings. The van der Waals surface area contributed by atoms with Crippen molar-refractivity contribution >= 4 is 22.4 Å². The second kappa shape index (κ2) is 7.40. The lowest BCUT2D eigenvalue weighted by atomic mass is 10.1. The number of anilines is 2. The molecular weight excluding hydrogens is 385 g/mol. The molecule has 0 saturated carbocycles. The number of pyridine rings is 1. The second-order valence-corrected chi connectivity index (χ2v) is 6.18. The molecule has 1 unspecified atom stereocenters. The first-order chi connectivity index (χ1) is 13.9. The van der Waals surface area contributed by atoms with Crippen molar-refractivity contribution in [1.82, 2.24) is 19.9 Å². The number of fused-ring (bicyclic) bond motifs is 1. The molecule has 4 N–H and O–H groups in total. The van der Waals surface area contributed by atoms with Crippen molar-refractivity contribution < 1.29 is 18.3 Å². The van der Waals surface area contributed by atoms with Gasteiger partial charge in [0.1, 0.15) is 12.0 Å². The Morgan fingerprint density at radius 2 is 1.72 bits per heavy atom. The molecule has 1 aromatic carbocycles. The molecule has 0 radical (unpaired) electrons. The van der Waals surface area contributed by atoms with Crippen LogP contribution in [0.1, 0.15) is 5.56 Å². The number of aliphatic hydroxyl groups is 1. The Morgan fingerprint density at radius 3 is 2.41 bits per heavy atom. The maximum Gasteiger partial charge on any atom is 0.416 e. The Labute approximate surface area is 162 Å². The number of aliphatic hydroxyl groups excluding tert-OH is 1. The quantitative estimate of drug-likeness (QED) is 0.380. The zero-order valence-corrected chi connectivity index (χ0v) is 14.8. The molecular formula is C19H15F3N6O. The standard InChI is InChI=1S/C19H15F3N6O/c20-19(21,22)12-1-3-13(4-2-12)27-18(29)28-15-9-26-17-16(15)14(5-6-25-17)11-7-23-10-24-8-11/h1-10,18,27-29H,(H,25,26). The van der Waals surface area contributed by atoms with E-state index in [4.69, 9.17) is 0 Å². The molecule has 148 valence electrons. The Balaban J connectivity index is 1.57. The summed E-state index contributed by atoms with van der Waals surface area (Å²) in [6.45, 7) is 0. The molecule has 0 spiro atoms. The van der Waals surface area contributed by atoms with Crippen molar-refractivity contribution in [2.24, 2.45) is 0 Å². The van der Waals surface area contributed by atoms with Crippen molar-refractivity contribution in [3.8, 4) is 11.1 Å². The highest BCUT2D eigenvalue weighted by Crippen LogP contribution is 2.33. The number of aromatic amines is 1. The van der Waals surface area contributed by atoms with Crippen LogP contribution in [0.5, 0.6) is 0 Å². The summed E-state index contributed by atoms with van der Waals surface area (Å²) >= 11 is 0. The van der Waals surface area contributed by atoms with Gasteiger partial charge in [-0.2, -0.15) is 13.2 Å². The lowest BCUT2D eigenvalue weighted by Crippen LogP contribution is -2.27.